The zero-order valence-corrected chi connectivity index (χ0v) is 9.87. The number of hydrogen-bond donors (Lipinski definition) is 2. The van der Waals surface area contributed by atoms with E-state index in [0.29, 0.717) is 12.5 Å². The maximum absolute atomic E-state index is 10.2. The fourth-order valence-corrected chi connectivity index (χ4v) is 1.65. The normalized spacial score (nSPS) is 12.7. The summed E-state index contributed by atoms with van der Waals surface area (Å²) in [6, 6.07) is 0.351. The smallest absolute Gasteiger partial charge is 0.303 e. The van der Waals surface area contributed by atoms with Crippen molar-refractivity contribution < 1.29 is 9.90 Å². The number of rotatable bonds is 10. The van der Waals surface area contributed by atoms with Crippen LogP contribution in [-0.4, -0.2) is 17.1 Å². The average Bonchev–Trinajstić information content (AvgIpc) is 2.19. The molecular weight excluding hydrogens is 190 g/mol. The van der Waals surface area contributed by atoms with Gasteiger partial charge in [0.2, 0.25) is 0 Å². The molecule has 0 saturated carbocycles. The van der Waals surface area contributed by atoms with Crippen molar-refractivity contribution in [1.29, 1.82) is 0 Å². The van der Waals surface area contributed by atoms with Gasteiger partial charge in [-0.1, -0.05) is 39.0 Å². The maximum atomic E-state index is 10.2. The van der Waals surface area contributed by atoms with Crippen LogP contribution in [0.3, 0.4) is 0 Å². The number of nitrogens with two attached hydrogens (primary N) is 1. The van der Waals surface area contributed by atoms with E-state index in [4.69, 9.17) is 10.8 Å². The molecule has 90 valence electrons. The van der Waals surface area contributed by atoms with E-state index in [1.54, 1.807) is 0 Å². The number of unbranched alkanes of at least 4 members (excludes halogenated alkanes) is 4. The summed E-state index contributed by atoms with van der Waals surface area (Å²) in [7, 11) is 0. The molecule has 0 aromatic carbocycles. The van der Waals surface area contributed by atoms with Gasteiger partial charge in [0.05, 0.1) is 0 Å². The Kier molecular flexibility index (Phi) is 9.59. The van der Waals surface area contributed by atoms with Crippen LogP contribution >= 0.6 is 0 Å². The highest BCUT2D eigenvalue weighted by atomic mass is 16.4. The molecule has 0 aliphatic heterocycles. The molecule has 0 bridgehead atoms. The zero-order chi connectivity index (χ0) is 11.5. The van der Waals surface area contributed by atoms with Crippen molar-refractivity contribution in [2.45, 2.75) is 70.8 Å². The first-order valence-electron chi connectivity index (χ1n) is 6.14. The highest BCUT2D eigenvalue weighted by molar-refractivity contribution is 5.66. The van der Waals surface area contributed by atoms with Gasteiger partial charge >= 0.3 is 5.97 Å². The highest BCUT2D eigenvalue weighted by Crippen LogP contribution is 2.09. The van der Waals surface area contributed by atoms with Crippen molar-refractivity contribution in [3.63, 3.8) is 0 Å². The first kappa shape index (κ1) is 14.4. The molecule has 3 heteroatoms. The number of aliphatic carboxylic acids is 1. The van der Waals surface area contributed by atoms with Crippen LogP contribution in [0.5, 0.6) is 0 Å². The summed E-state index contributed by atoms with van der Waals surface area (Å²) < 4.78 is 0. The molecule has 3 nitrogen and oxygen atoms in total. The summed E-state index contributed by atoms with van der Waals surface area (Å²) in [5, 5.41) is 8.44. The van der Waals surface area contributed by atoms with Crippen LogP contribution in [0, 0.1) is 0 Å². The van der Waals surface area contributed by atoms with Gasteiger partial charge in [-0.15, -0.1) is 0 Å². The fraction of sp³-hybridized carbons (Fsp3) is 0.917. The molecule has 15 heavy (non-hydrogen) atoms. The SMILES string of the molecule is CCCCC(N)CCCCCCC(=O)O. The van der Waals surface area contributed by atoms with E-state index in [-0.39, 0.29) is 0 Å². The van der Waals surface area contributed by atoms with E-state index in [1.165, 1.54) is 12.8 Å². The molecule has 3 N–H and O–H groups in total. The van der Waals surface area contributed by atoms with Crippen LogP contribution in [-0.2, 0) is 4.79 Å². The lowest BCUT2D eigenvalue weighted by Crippen LogP contribution is -2.19. The summed E-state index contributed by atoms with van der Waals surface area (Å²) in [5.74, 6) is -0.686. The average molecular weight is 215 g/mol. The summed E-state index contributed by atoms with van der Waals surface area (Å²) in [6.45, 7) is 2.18. The van der Waals surface area contributed by atoms with Crippen LogP contribution in [0.2, 0.25) is 0 Å². The summed E-state index contributed by atoms with van der Waals surface area (Å²) in [5.41, 5.74) is 5.93. The Bertz CT molecular complexity index is 160. The molecular formula is C12H25NO2. The minimum Gasteiger partial charge on any atom is -0.481 e. The Morgan fingerprint density at radius 3 is 2.33 bits per heavy atom. The third-order valence-electron chi connectivity index (χ3n) is 2.64. The van der Waals surface area contributed by atoms with Gasteiger partial charge in [0.25, 0.3) is 0 Å². The second-order valence-corrected chi connectivity index (χ2v) is 4.25. The van der Waals surface area contributed by atoms with Gasteiger partial charge in [-0.05, 0) is 19.3 Å². The highest BCUT2D eigenvalue weighted by Gasteiger charge is 2.01. The molecule has 1 atom stereocenters. The molecule has 0 amide bonds. The third-order valence-corrected chi connectivity index (χ3v) is 2.64. The van der Waals surface area contributed by atoms with Gasteiger partial charge < -0.3 is 10.8 Å². The molecule has 0 aromatic heterocycles. The lowest BCUT2D eigenvalue weighted by atomic mass is 10.0. The monoisotopic (exact) mass is 215 g/mol. The van der Waals surface area contributed by atoms with E-state index in [2.05, 4.69) is 6.92 Å². The molecule has 0 spiro atoms. The molecule has 0 aromatic rings. The van der Waals surface area contributed by atoms with Gasteiger partial charge in [0, 0.05) is 12.5 Å². The van der Waals surface area contributed by atoms with Crippen molar-refractivity contribution in [2.24, 2.45) is 5.73 Å². The third kappa shape index (κ3) is 11.4. The topological polar surface area (TPSA) is 63.3 Å². The Morgan fingerprint density at radius 1 is 1.13 bits per heavy atom. The van der Waals surface area contributed by atoms with E-state index < -0.39 is 5.97 Å². The molecule has 0 radical (unpaired) electrons. The van der Waals surface area contributed by atoms with Crippen LogP contribution < -0.4 is 5.73 Å². The molecule has 1 unspecified atom stereocenters. The van der Waals surface area contributed by atoms with Crippen molar-refractivity contribution >= 4 is 5.97 Å². The predicted molar refractivity (Wildman–Crippen MR) is 62.8 cm³/mol. The standard InChI is InChI=1S/C12H25NO2/c1-2-3-8-11(13)9-6-4-5-7-10-12(14)15/h11H,2-10,13H2,1H3,(H,14,15). The van der Waals surface area contributed by atoms with Crippen LogP contribution in [0.25, 0.3) is 0 Å². The molecule has 0 rings (SSSR count). The van der Waals surface area contributed by atoms with Gasteiger partial charge in [0.15, 0.2) is 0 Å². The Hall–Kier alpha value is -0.570. The quantitative estimate of drug-likeness (QED) is 0.551. The minimum atomic E-state index is -0.686. The predicted octanol–water partition coefficient (Wildman–Crippen LogP) is 2.93. The Balaban J connectivity index is 3.12. The van der Waals surface area contributed by atoms with Crippen molar-refractivity contribution in [3.8, 4) is 0 Å². The van der Waals surface area contributed by atoms with E-state index >= 15 is 0 Å². The largest absolute Gasteiger partial charge is 0.481 e. The molecule has 0 aliphatic carbocycles. The first-order valence-corrected chi connectivity index (χ1v) is 6.14. The van der Waals surface area contributed by atoms with Gasteiger partial charge in [-0.2, -0.15) is 0 Å². The van der Waals surface area contributed by atoms with Crippen LogP contribution in [0.15, 0.2) is 0 Å². The lowest BCUT2D eigenvalue weighted by molar-refractivity contribution is -0.137. The lowest BCUT2D eigenvalue weighted by Gasteiger charge is -2.09. The zero-order valence-electron chi connectivity index (χ0n) is 9.87. The summed E-state index contributed by atoms with van der Waals surface area (Å²) in [4.78, 5) is 10.2. The number of carboxylic acids is 1. The minimum absolute atomic E-state index is 0.307. The molecule has 0 fully saturated rings. The second kappa shape index (κ2) is 9.97. The van der Waals surface area contributed by atoms with Gasteiger partial charge in [-0.25, -0.2) is 0 Å². The number of carboxylic acid groups (broad SMARTS) is 1. The fourth-order valence-electron chi connectivity index (χ4n) is 1.65. The number of hydrogen-bond acceptors (Lipinski definition) is 2. The van der Waals surface area contributed by atoms with Crippen molar-refractivity contribution in [2.75, 3.05) is 0 Å². The first-order chi connectivity index (χ1) is 7.16. The van der Waals surface area contributed by atoms with Crippen LogP contribution in [0.1, 0.15) is 64.7 Å². The molecule has 0 heterocycles. The Labute approximate surface area is 93.0 Å². The second-order valence-electron chi connectivity index (χ2n) is 4.25. The number of carbonyl (C=O) groups is 1. The molecule has 0 saturated heterocycles. The van der Waals surface area contributed by atoms with Crippen molar-refractivity contribution in [1.82, 2.24) is 0 Å². The van der Waals surface area contributed by atoms with E-state index in [0.717, 1.165) is 38.5 Å². The van der Waals surface area contributed by atoms with Crippen LogP contribution in [0.4, 0.5) is 0 Å². The van der Waals surface area contributed by atoms with Gasteiger partial charge in [0.1, 0.15) is 0 Å². The van der Waals surface area contributed by atoms with E-state index in [1.807, 2.05) is 0 Å². The molecule has 0 aliphatic rings. The van der Waals surface area contributed by atoms with Gasteiger partial charge in [-0.3, -0.25) is 4.79 Å². The van der Waals surface area contributed by atoms with Crippen molar-refractivity contribution in [3.05, 3.63) is 0 Å². The maximum Gasteiger partial charge on any atom is 0.303 e. The Morgan fingerprint density at radius 2 is 1.73 bits per heavy atom. The summed E-state index contributed by atoms with van der Waals surface area (Å²) >= 11 is 0. The van der Waals surface area contributed by atoms with E-state index in [9.17, 15) is 4.79 Å². The summed E-state index contributed by atoms with van der Waals surface area (Å²) in [6.07, 6.45) is 9.05.